The van der Waals surface area contributed by atoms with Crippen molar-refractivity contribution in [3.05, 3.63) is 32.6 Å². The van der Waals surface area contributed by atoms with E-state index in [0.717, 1.165) is 0 Å². The molecular formula is C10H11NO3. The van der Waals surface area contributed by atoms with Crippen LogP contribution in [0.1, 0.15) is 17.3 Å². The third-order valence-electron chi connectivity index (χ3n) is 1.77. The Kier molecular flexibility index (Phi) is 2.86. The fourth-order valence-corrected chi connectivity index (χ4v) is 0.972. The molecule has 1 aromatic rings. The van der Waals surface area contributed by atoms with Crippen molar-refractivity contribution in [1.82, 2.24) is 4.98 Å². The molecule has 14 heavy (non-hydrogen) atoms. The number of aromatic nitrogens is 1. The van der Waals surface area contributed by atoms with Crippen molar-refractivity contribution in [2.45, 2.75) is 6.92 Å². The number of H-pyrrole nitrogens is 1. The first kappa shape index (κ1) is 10.2. The molecular weight excluding hydrogens is 182 g/mol. The molecule has 0 atom stereocenters. The van der Waals surface area contributed by atoms with E-state index in [1.807, 2.05) is 0 Å². The highest BCUT2D eigenvalue weighted by Crippen LogP contribution is 1.89. The molecule has 0 amide bonds. The lowest BCUT2D eigenvalue weighted by molar-refractivity contribution is 0.0524. The summed E-state index contributed by atoms with van der Waals surface area (Å²) in [5.41, 5.74) is -0.476. The molecule has 4 nitrogen and oxygen atoms in total. The van der Waals surface area contributed by atoms with Gasteiger partial charge in [0.15, 0.2) is 0 Å². The van der Waals surface area contributed by atoms with Crippen molar-refractivity contribution in [2.75, 3.05) is 6.61 Å². The van der Waals surface area contributed by atoms with Gasteiger partial charge in [-0.3, -0.25) is 4.79 Å². The van der Waals surface area contributed by atoms with Gasteiger partial charge in [0.1, 0.15) is 5.56 Å². The smallest absolute Gasteiger partial charge is 0.343 e. The van der Waals surface area contributed by atoms with Crippen LogP contribution in [-0.2, 0) is 4.74 Å². The quantitative estimate of drug-likeness (QED) is 0.636. The number of hydrogen-bond acceptors (Lipinski definition) is 3. The van der Waals surface area contributed by atoms with Crippen LogP contribution in [0.2, 0.25) is 0 Å². The summed E-state index contributed by atoms with van der Waals surface area (Å²) in [4.78, 5) is 25.4. The van der Waals surface area contributed by atoms with Crippen molar-refractivity contribution < 1.29 is 9.53 Å². The van der Waals surface area contributed by atoms with Crippen LogP contribution >= 0.6 is 0 Å². The number of nitrogens with one attached hydrogen (secondary N) is 1. The van der Waals surface area contributed by atoms with Crippen LogP contribution in [0.3, 0.4) is 0 Å². The monoisotopic (exact) mass is 193 g/mol. The van der Waals surface area contributed by atoms with Crippen LogP contribution in [0.5, 0.6) is 0 Å². The van der Waals surface area contributed by atoms with Gasteiger partial charge >= 0.3 is 5.97 Å². The first-order chi connectivity index (χ1) is 6.57. The van der Waals surface area contributed by atoms with Gasteiger partial charge in [0.2, 0.25) is 5.43 Å². The maximum atomic E-state index is 11.5. The Morgan fingerprint density at radius 2 is 2.21 bits per heavy atom. The normalized spacial score (nSPS) is 9.79. The molecule has 0 aliphatic carbocycles. The molecule has 0 aromatic carbocycles. The largest absolute Gasteiger partial charge is 0.462 e. The van der Waals surface area contributed by atoms with Gasteiger partial charge in [0.25, 0.3) is 0 Å². The van der Waals surface area contributed by atoms with E-state index in [-0.39, 0.29) is 17.4 Å². The molecule has 0 unspecified atom stereocenters. The summed E-state index contributed by atoms with van der Waals surface area (Å²) in [5, 5.41) is 0.596. The van der Waals surface area contributed by atoms with Gasteiger partial charge in [0, 0.05) is 16.8 Å². The third-order valence-corrected chi connectivity index (χ3v) is 1.77. The maximum Gasteiger partial charge on any atom is 0.343 e. The summed E-state index contributed by atoms with van der Waals surface area (Å²) in [6.45, 7) is 8.97. The topological polar surface area (TPSA) is 59.2 Å². The zero-order valence-electron chi connectivity index (χ0n) is 7.92. The zero-order chi connectivity index (χ0) is 10.7. The van der Waals surface area contributed by atoms with Crippen LogP contribution in [-0.4, -0.2) is 17.6 Å². The lowest BCUT2D eigenvalue weighted by atomic mass is 10.2. The fourth-order valence-electron chi connectivity index (χ4n) is 0.972. The van der Waals surface area contributed by atoms with Gasteiger partial charge in [-0.15, -0.1) is 0 Å². The minimum atomic E-state index is -0.640. The number of pyridine rings is 1. The first-order valence-electron chi connectivity index (χ1n) is 4.14. The molecule has 0 saturated carbocycles. The van der Waals surface area contributed by atoms with E-state index in [9.17, 15) is 9.59 Å². The molecule has 0 spiro atoms. The second-order valence-electron chi connectivity index (χ2n) is 2.71. The molecule has 4 heteroatoms. The van der Waals surface area contributed by atoms with Crippen molar-refractivity contribution >= 4 is 19.1 Å². The van der Waals surface area contributed by atoms with Crippen LogP contribution in [0.4, 0.5) is 0 Å². The Morgan fingerprint density at radius 1 is 1.57 bits per heavy atom. The highest BCUT2D eigenvalue weighted by atomic mass is 16.5. The van der Waals surface area contributed by atoms with E-state index in [1.54, 1.807) is 6.92 Å². The number of rotatable bonds is 2. The molecule has 0 aliphatic heterocycles. The maximum absolute atomic E-state index is 11.5. The van der Waals surface area contributed by atoms with Gasteiger partial charge < -0.3 is 9.72 Å². The SMILES string of the molecule is C=c1[nH]cc(C(=O)OCC)c(=O)c1=C. The predicted molar refractivity (Wildman–Crippen MR) is 53.3 cm³/mol. The lowest BCUT2D eigenvalue weighted by Gasteiger charge is -1.99. The van der Waals surface area contributed by atoms with Crippen molar-refractivity contribution in [2.24, 2.45) is 0 Å². The number of ether oxygens (including phenoxy) is 1. The minimum absolute atomic E-state index is 0.0377. The Balaban J connectivity index is 3.33. The molecule has 1 aromatic heterocycles. The Hall–Kier alpha value is -1.84. The molecule has 74 valence electrons. The van der Waals surface area contributed by atoms with Gasteiger partial charge in [0.05, 0.1) is 6.61 Å². The van der Waals surface area contributed by atoms with E-state index in [4.69, 9.17) is 4.74 Å². The van der Waals surface area contributed by atoms with E-state index in [2.05, 4.69) is 18.1 Å². The zero-order valence-corrected chi connectivity index (χ0v) is 7.92. The van der Waals surface area contributed by atoms with Crippen LogP contribution in [0, 0.1) is 0 Å². The molecule has 0 radical (unpaired) electrons. The molecule has 0 aliphatic rings. The van der Waals surface area contributed by atoms with E-state index < -0.39 is 11.4 Å². The lowest BCUT2D eigenvalue weighted by Crippen LogP contribution is -2.42. The van der Waals surface area contributed by atoms with E-state index >= 15 is 0 Å². The Labute approximate surface area is 80.5 Å². The van der Waals surface area contributed by atoms with Crippen LogP contribution in [0.25, 0.3) is 13.2 Å². The molecule has 0 fully saturated rings. The summed E-state index contributed by atoms with van der Waals surface area (Å²) in [6.07, 6.45) is 1.29. The summed E-state index contributed by atoms with van der Waals surface area (Å²) >= 11 is 0. The summed E-state index contributed by atoms with van der Waals surface area (Å²) < 4.78 is 4.70. The average Bonchev–Trinajstić information content (AvgIpc) is 2.15. The minimum Gasteiger partial charge on any atom is -0.462 e. The first-order valence-corrected chi connectivity index (χ1v) is 4.14. The van der Waals surface area contributed by atoms with Crippen LogP contribution < -0.4 is 16.0 Å². The Morgan fingerprint density at radius 3 is 2.79 bits per heavy atom. The van der Waals surface area contributed by atoms with Crippen molar-refractivity contribution in [3.63, 3.8) is 0 Å². The molecule has 1 N–H and O–H groups in total. The van der Waals surface area contributed by atoms with E-state index in [1.165, 1.54) is 6.20 Å². The molecule has 0 saturated heterocycles. The van der Waals surface area contributed by atoms with Crippen molar-refractivity contribution in [1.29, 1.82) is 0 Å². The Bertz CT molecular complexity index is 501. The highest BCUT2D eigenvalue weighted by Gasteiger charge is 2.10. The number of aromatic amines is 1. The molecule has 1 heterocycles. The van der Waals surface area contributed by atoms with Crippen molar-refractivity contribution in [3.8, 4) is 0 Å². The van der Waals surface area contributed by atoms with Gasteiger partial charge in [-0.1, -0.05) is 13.2 Å². The fraction of sp³-hybridized carbons (Fsp3) is 0.200. The second-order valence-corrected chi connectivity index (χ2v) is 2.71. The van der Waals surface area contributed by atoms with Gasteiger partial charge in [-0.05, 0) is 6.92 Å². The molecule has 0 bridgehead atoms. The van der Waals surface area contributed by atoms with Gasteiger partial charge in [-0.25, -0.2) is 4.79 Å². The van der Waals surface area contributed by atoms with Gasteiger partial charge in [-0.2, -0.15) is 0 Å². The number of carbonyl (C=O) groups is 1. The summed E-state index contributed by atoms with van der Waals surface area (Å²) in [6, 6.07) is 0. The predicted octanol–water partition coefficient (Wildman–Crippen LogP) is -0.628. The van der Waals surface area contributed by atoms with E-state index in [0.29, 0.717) is 5.35 Å². The second kappa shape index (κ2) is 3.91. The average molecular weight is 193 g/mol. The standard InChI is InChI=1S/C10H11NO3/c1-4-14-10(13)8-5-11-7(3)6(2)9(8)12/h5,11H,2-4H2,1H3. The number of hydrogen-bond donors (Lipinski definition) is 1. The third kappa shape index (κ3) is 1.74. The number of esters is 1. The van der Waals surface area contributed by atoms with Crippen LogP contribution in [0.15, 0.2) is 11.0 Å². The summed E-state index contributed by atoms with van der Waals surface area (Å²) in [7, 11) is 0. The summed E-state index contributed by atoms with van der Waals surface area (Å²) in [5.74, 6) is -0.640. The highest BCUT2D eigenvalue weighted by molar-refractivity contribution is 5.88. The number of carbonyl (C=O) groups excluding carboxylic acids is 1. The molecule has 1 rings (SSSR count).